The number of carbonyl (C=O) groups excluding carboxylic acids is 1. The Labute approximate surface area is 141 Å². The molecule has 2 rings (SSSR count). The molecule has 1 N–H and O–H groups in total. The highest BCUT2D eigenvalue weighted by Crippen LogP contribution is 2.23. The summed E-state index contributed by atoms with van der Waals surface area (Å²) in [7, 11) is 1.59. The molecular formula is C17H24N2O5. The molecule has 1 aliphatic heterocycles. The van der Waals surface area contributed by atoms with Crippen molar-refractivity contribution in [3.05, 3.63) is 24.3 Å². The van der Waals surface area contributed by atoms with Crippen LogP contribution in [0.25, 0.3) is 0 Å². The minimum absolute atomic E-state index is 0.209. The van der Waals surface area contributed by atoms with Crippen molar-refractivity contribution in [3.63, 3.8) is 0 Å². The zero-order valence-electron chi connectivity index (χ0n) is 14.5. The average Bonchev–Trinajstić information content (AvgIpc) is 2.52. The molecule has 24 heavy (non-hydrogen) atoms. The van der Waals surface area contributed by atoms with Crippen LogP contribution in [0.1, 0.15) is 20.8 Å². The number of ether oxygens (including phenoxy) is 2. The van der Waals surface area contributed by atoms with Crippen LogP contribution in [0.15, 0.2) is 24.3 Å². The lowest BCUT2D eigenvalue weighted by atomic mass is 10.1. The van der Waals surface area contributed by atoms with E-state index in [2.05, 4.69) is 0 Å². The Kier molecular flexibility index (Phi) is 5.21. The van der Waals surface area contributed by atoms with Gasteiger partial charge in [0, 0.05) is 25.3 Å². The van der Waals surface area contributed by atoms with Gasteiger partial charge >= 0.3 is 12.1 Å². The number of hydrogen-bond donors (Lipinski definition) is 1. The van der Waals surface area contributed by atoms with Crippen molar-refractivity contribution in [1.29, 1.82) is 0 Å². The summed E-state index contributed by atoms with van der Waals surface area (Å²) in [5, 5.41) is 9.51. The summed E-state index contributed by atoms with van der Waals surface area (Å²) >= 11 is 0. The summed E-state index contributed by atoms with van der Waals surface area (Å²) in [5.74, 6) is -0.306. The number of rotatable bonds is 3. The van der Waals surface area contributed by atoms with Crippen LogP contribution in [0.4, 0.5) is 10.5 Å². The number of benzene rings is 1. The van der Waals surface area contributed by atoms with Gasteiger partial charge in [-0.1, -0.05) is 0 Å². The molecule has 7 heteroatoms. The van der Waals surface area contributed by atoms with Gasteiger partial charge in [-0.3, -0.25) is 4.90 Å². The van der Waals surface area contributed by atoms with E-state index in [-0.39, 0.29) is 13.1 Å². The minimum atomic E-state index is -1.04. The second-order valence-corrected chi connectivity index (χ2v) is 6.67. The highest BCUT2D eigenvalue weighted by Gasteiger charge is 2.37. The molecule has 0 radical (unpaired) electrons. The van der Waals surface area contributed by atoms with Crippen molar-refractivity contribution >= 4 is 17.7 Å². The van der Waals surface area contributed by atoms with Crippen LogP contribution in [0, 0.1) is 0 Å². The second kappa shape index (κ2) is 6.98. The molecule has 1 aromatic carbocycles. The Morgan fingerprint density at radius 2 is 1.79 bits per heavy atom. The lowest BCUT2D eigenvalue weighted by Gasteiger charge is -2.40. The topological polar surface area (TPSA) is 79.3 Å². The summed E-state index contributed by atoms with van der Waals surface area (Å²) in [5.41, 5.74) is 0.235. The lowest BCUT2D eigenvalue weighted by molar-refractivity contribution is -0.143. The predicted octanol–water partition coefficient (Wildman–Crippen LogP) is 2.21. The summed E-state index contributed by atoms with van der Waals surface area (Å²) < 4.78 is 10.4. The Morgan fingerprint density at radius 3 is 2.29 bits per heavy atom. The quantitative estimate of drug-likeness (QED) is 0.912. The minimum Gasteiger partial charge on any atom is -0.497 e. The second-order valence-electron chi connectivity index (χ2n) is 6.67. The SMILES string of the molecule is COc1ccc(N2CCN(C(=O)OC(C)(C)C)C(C(=O)O)C2)cc1. The molecule has 1 heterocycles. The number of carbonyl (C=O) groups is 2. The molecule has 7 nitrogen and oxygen atoms in total. The summed E-state index contributed by atoms with van der Waals surface area (Å²) in [6.07, 6.45) is -0.593. The molecule has 1 fully saturated rings. The molecule has 1 aliphatic rings. The van der Waals surface area contributed by atoms with Gasteiger partial charge in [0.2, 0.25) is 0 Å². The highest BCUT2D eigenvalue weighted by molar-refractivity contribution is 5.81. The molecular weight excluding hydrogens is 312 g/mol. The fourth-order valence-corrected chi connectivity index (χ4v) is 2.56. The summed E-state index contributed by atoms with van der Waals surface area (Å²) in [4.78, 5) is 27.1. The largest absolute Gasteiger partial charge is 0.497 e. The van der Waals surface area contributed by atoms with Crippen LogP contribution in [-0.4, -0.2) is 60.5 Å². The highest BCUT2D eigenvalue weighted by atomic mass is 16.6. The number of carboxylic acids is 1. The van der Waals surface area contributed by atoms with Crippen LogP contribution in [0.2, 0.25) is 0 Å². The van der Waals surface area contributed by atoms with Gasteiger partial charge in [-0.2, -0.15) is 0 Å². The van der Waals surface area contributed by atoms with Crippen LogP contribution < -0.4 is 9.64 Å². The Morgan fingerprint density at radius 1 is 1.17 bits per heavy atom. The number of anilines is 1. The number of piperazine rings is 1. The third-order valence-electron chi connectivity index (χ3n) is 3.73. The normalized spacial score (nSPS) is 18.2. The molecule has 1 unspecified atom stereocenters. The van der Waals surface area contributed by atoms with Gasteiger partial charge in [-0.25, -0.2) is 9.59 Å². The van der Waals surface area contributed by atoms with Crippen molar-refractivity contribution < 1.29 is 24.2 Å². The third-order valence-corrected chi connectivity index (χ3v) is 3.73. The van der Waals surface area contributed by atoms with E-state index in [0.717, 1.165) is 11.4 Å². The van der Waals surface area contributed by atoms with Crippen LogP contribution in [0.3, 0.4) is 0 Å². The van der Waals surface area contributed by atoms with E-state index in [9.17, 15) is 14.7 Å². The fourth-order valence-electron chi connectivity index (χ4n) is 2.56. The molecule has 0 aromatic heterocycles. The van der Waals surface area contributed by atoms with Gasteiger partial charge in [0.25, 0.3) is 0 Å². The summed E-state index contributed by atoms with van der Waals surface area (Å²) in [6, 6.07) is 6.45. The van der Waals surface area contributed by atoms with Gasteiger partial charge in [0.05, 0.1) is 7.11 Å². The average molecular weight is 336 g/mol. The monoisotopic (exact) mass is 336 g/mol. The first kappa shape index (κ1) is 17.9. The Hall–Kier alpha value is -2.44. The van der Waals surface area contributed by atoms with Crippen LogP contribution in [0.5, 0.6) is 5.75 Å². The fraction of sp³-hybridized carbons (Fsp3) is 0.529. The van der Waals surface area contributed by atoms with Crippen LogP contribution in [-0.2, 0) is 9.53 Å². The van der Waals surface area contributed by atoms with Crippen molar-refractivity contribution in [2.75, 3.05) is 31.6 Å². The van der Waals surface area contributed by atoms with Crippen molar-refractivity contribution in [2.45, 2.75) is 32.4 Å². The number of nitrogens with zero attached hydrogens (tertiary/aromatic N) is 2. The molecule has 1 aromatic rings. The zero-order valence-corrected chi connectivity index (χ0v) is 14.5. The van der Waals surface area contributed by atoms with E-state index in [1.165, 1.54) is 4.90 Å². The first-order valence-corrected chi connectivity index (χ1v) is 7.82. The standard InChI is InChI=1S/C17H24N2O5/c1-17(2,3)24-16(22)19-10-9-18(11-14(19)15(20)21)12-5-7-13(23-4)8-6-12/h5-8,14H,9-11H2,1-4H3,(H,20,21). The van der Waals surface area contributed by atoms with Gasteiger partial charge in [-0.15, -0.1) is 0 Å². The molecule has 0 saturated carbocycles. The maximum atomic E-state index is 12.3. The van der Waals surface area contributed by atoms with E-state index in [4.69, 9.17) is 9.47 Å². The first-order valence-electron chi connectivity index (χ1n) is 7.82. The maximum absolute atomic E-state index is 12.3. The smallest absolute Gasteiger partial charge is 0.411 e. The first-order chi connectivity index (χ1) is 11.2. The number of methoxy groups -OCH3 is 1. The van der Waals surface area contributed by atoms with E-state index in [1.807, 2.05) is 29.2 Å². The number of carboxylic acid groups (broad SMARTS) is 1. The molecule has 1 atom stereocenters. The Bertz CT molecular complexity index is 594. The number of amides is 1. The number of aliphatic carboxylic acids is 1. The number of hydrogen-bond acceptors (Lipinski definition) is 5. The van der Waals surface area contributed by atoms with Gasteiger partial charge in [0.15, 0.2) is 0 Å². The van der Waals surface area contributed by atoms with E-state index in [0.29, 0.717) is 6.54 Å². The molecule has 0 spiro atoms. The molecule has 0 aliphatic carbocycles. The van der Waals surface area contributed by atoms with Crippen molar-refractivity contribution in [3.8, 4) is 5.75 Å². The zero-order chi connectivity index (χ0) is 17.9. The van der Waals surface area contributed by atoms with Crippen molar-refractivity contribution in [1.82, 2.24) is 4.90 Å². The van der Waals surface area contributed by atoms with Gasteiger partial charge in [0.1, 0.15) is 17.4 Å². The van der Waals surface area contributed by atoms with E-state index in [1.54, 1.807) is 27.9 Å². The van der Waals surface area contributed by atoms with Gasteiger partial charge < -0.3 is 19.5 Å². The molecule has 1 amide bonds. The van der Waals surface area contributed by atoms with E-state index >= 15 is 0 Å². The maximum Gasteiger partial charge on any atom is 0.411 e. The van der Waals surface area contributed by atoms with Crippen LogP contribution >= 0.6 is 0 Å². The lowest BCUT2D eigenvalue weighted by Crippen LogP contribution is -2.59. The predicted molar refractivity (Wildman–Crippen MR) is 89.6 cm³/mol. The van der Waals surface area contributed by atoms with Gasteiger partial charge in [-0.05, 0) is 45.0 Å². The summed E-state index contributed by atoms with van der Waals surface area (Å²) in [6.45, 7) is 6.31. The third kappa shape index (κ3) is 4.31. The van der Waals surface area contributed by atoms with Crippen molar-refractivity contribution in [2.24, 2.45) is 0 Å². The Balaban J connectivity index is 2.12. The molecule has 132 valence electrons. The molecule has 0 bridgehead atoms. The van der Waals surface area contributed by atoms with E-state index < -0.39 is 23.7 Å². The molecule has 1 saturated heterocycles.